The second kappa shape index (κ2) is 18.6. The monoisotopic (exact) mass is 783 g/mol. The molecule has 2 heterocycles. The largest absolute Gasteiger partial charge is 0.490 e. The van der Waals surface area contributed by atoms with E-state index in [-0.39, 0.29) is 25.1 Å². The number of aliphatic hydroxyl groups is 5. The maximum atomic E-state index is 13.3. The fraction of sp³-hybridized carbons (Fsp3) is 0.525. The number of thioether (sulfide) groups is 1. The van der Waals surface area contributed by atoms with E-state index < -0.39 is 42.5 Å². The van der Waals surface area contributed by atoms with Gasteiger partial charge >= 0.3 is 0 Å². The molecule has 1 aliphatic heterocycles. The number of aliphatic hydroxyl groups excluding tert-OH is 5. The van der Waals surface area contributed by atoms with Crippen molar-refractivity contribution in [3.63, 3.8) is 0 Å². The molecule has 4 atom stereocenters. The van der Waals surface area contributed by atoms with Gasteiger partial charge in [-0.05, 0) is 92.2 Å². The van der Waals surface area contributed by atoms with Gasteiger partial charge in [0.25, 0.3) is 5.91 Å². The third-order valence-corrected chi connectivity index (χ3v) is 11.7. The number of likely N-dealkylation sites (tertiary alicyclic amines) is 1. The molecule has 5 N–H and O–H groups in total. The fourth-order valence-electron chi connectivity index (χ4n) is 6.75. The highest BCUT2D eigenvalue weighted by molar-refractivity contribution is 7.99. The van der Waals surface area contributed by atoms with E-state index in [0.29, 0.717) is 49.7 Å². The minimum Gasteiger partial charge on any atom is -0.490 e. The van der Waals surface area contributed by atoms with Gasteiger partial charge < -0.3 is 44.8 Å². The summed E-state index contributed by atoms with van der Waals surface area (Å²) in [4.78, 5) is 34.0. The molecule has 0 unspecified atom stereocenters. The molecule has 2 amide bonds. The molecule has 0 bridgehead atoms. The summed E-state index contributed by atoms with van der Waals surface area (Å²) in [6, 6.07) is 15.9. The molecule has 0 radical (unpaired) electrons. The summed E-state index contributed by atoms with van der Waals surface area (Å²) in [5, 5.41) is 50.6. The Kier molecular flexibility index (Phi) is 13.9. The van der Waals surface area contributed by atoms with Crippen LogP contribution < -0.4 is 4.74 Å². The highest BCUT2D eigenvalue weighted by atomic mass is 35.5. The van der Waals surface area contributed by atoms with Crippen molar-refractivity contribution in [2.45, 2.75) is 99.0 Å². The minimum atomic E-state index is -2.01. The molecule has 54 heavy (non-hydrogen) atoms. The molecule has 1 saturated heterocycles. The quantitative estimate of drug-likeness (QED) is 0.0784. The van der Waals surface area contributed by atoms with Crippen LogP contribution in [0.15, 0.2) is 65.8 Å². The number of carbonyl (C=O) groups excluding carboxylic acids is 2. The van der Waals surface area contributed by atoms with Crippen LogP contribution in [0.4, 0.5) is 0 Å². The topological polar surface area (TPSA) is 173 Å². The summed E-state index contributed by atoms with van der Waals surface area (Å²) < 4.78 is 12.9. The molecule has 14 heteroatoms. The number of hydrogen-bond acceptors (Lipinski definition) is 11. The van der Waals surface area contributed by atoms with Crippen molar-refractivity contribution in [2.24, 2.45) is 0 Å². The Bertz CT molecular complexity index is 1740. The van der Waals surface area contributed by atoms with Gasteiger partial charge in [-0.2, -0.15) is 0 Å². The number of halogens is 1. The minimum absolute atomic E-state index is 0.0720. The summed E-state index contributed by atoms with van der Waals surface area (Å²) in [6.07, 6.45) is 2.50. The number of aromatic nitrogens is 1. The predicted octanol–water partition coefficient (Wildman–Crippen LogP) is 3.91. The van der Waals surface area contributed by atoms with Crippen LogP contribution in [0.5, 0.6) is 5.75 Å². The van der Waals surface area contributed by atoms with Crippen LogP contribution in [0.3, 0.4) is 0 Å². The number of ether oxygens (including phenoxy) is 2. The zero-order chi connectivity index (χ0) is 38.2. The first kappa shape index (κ1) is 40.4. The van der Waals surface area contributed by atoms with Crippen molar-refractivity contribution in [1.82, 2.24) is 14.8 Å². The Morgan fingerprint density at radius 3 is 2.54 bits per heavy atom. The lowest BCUT2D eigenvalue weighted by molar-refractivity contribution is -0.158. The number of pyridine rings is 1. The van der Waals surface area contributed by atoms with E-state index in [1.807, 2.05) is 48.7 Å². The standard InChI is InChI=1S/C40H50ClN3O9S/c41-32-12-11-28(54-21-5-20-44(19-4-18-43-17-3-8-35(43)47)39(51)38(50)37(49)36(48)33(46)24-45)22-26(32)25-52-40(14-15-40)31-23-42-16-13-29(31)30-6-1-2-7-34(30)53-27-9-10-27/h1-2,6-7,11-13,16,22-23,27,33,36-38,45-46,48-50H,3-5,8-10,14-15,17-21,24-25H2/t33-,36+,37-,38-/m0/s1. The summed E-state index contributed by atoms with van der Waals surface area (Å²) in [5.74, 6) is 0.752. The molecular weight excluding hydrogens is 734 g/mol. The number of hydrogen-bond donors (Lipinski definition) is 5. The second-order valence-corrected chi connectivity index (χ2v) is 15.9. The SMILES string of the molecule is O=C1CCCN1CCCN(CCCSc1ccc(Cl)c(COC2(c3cnccc3-c3ccccc3OC3CC3)CC2)c1)C(=O)[C@@H](O)[C@@H](O)[C@H](O)[C@@H](O)CO. The number of para-hydroxylation sites is 1. The van der Waals surface area contributed by atoms with Gasteiger partial charge in [0.15, 0.2) is 6.10 Å². The third kappa shape index (κ3) is 10.1. The van der Waals surface area contributed by atoms with Crippen molar-refractivity contribution in [3.05, 3.63) is 77.1 Å². The first-order valence-electron chi connectivity index (χ1n) is 18.8. The molecular formula is C40H50ClN3O9S. The van der Waals surface area contributed by atoms with Crippen molar-refractivity contribution in [1.29, 1.82) is 0 Å². The van der Waals surface area contributed by atoms with Crippen molar-refractivity contribution >= 4 is 35.2 Å². The number of carbonyl (C=O) groups is 2. The highest BCUT2D eigenvalue weighted by Crippen LogP contribution is 2.53. The number of amides is 2. The molecule has 6 rings (SSSR count). The lowest BCUT2D eigenvalue weighted by Crippen LogP contribution is -2.53. The van der Waals surface area contributed by atoms with E-state index in [4.69, 9.17) is 26.2 Å². The van der Waals surface area contributed by atoms with E-state index in [1.54, 1.807) is 22.9 Å². The van der Waals surface area contributed by atoms with Gasteiger partial charge in [-0.1, -0.05) is 29.8 Å². The molecule has 3 aliphatic rings. The van der Waals surface area contributed by atoms with Gasteiger partial charge in [-0.3, -0.25) is 14.6 Å². The Morgan fingerprint density at radius 1 is 1.04 bits per heavy atom. The summed E-state index contributed by atoms with van der Waals surface area (Å²) >= 11 is 8.25. The molecule has 2 aliphatic carbocycles. The van der Waals surface area contributed by atoms with Crippen LogP contribution in [0, 0.1) is 0 Å². The maximum absolute atomic E-state index is 13.3. The Balaban J connectivity index is 1.06. The van der Waals surface area contributed by atoms with Crippen molar-refractivity contribution < 1.29 is 44.6 Å². The Morgan fingerprint density at radius 2 is 1.81 bits per heavy atom. The number of nitrogens with zero attached hydrogens (tertiary/aromatic N) is 3. The molecule has 0 spiro atoms. The van der Waals surface area contributed by atoms with Gasteiger partial charge in [0.2, 0.25) is 5.91 Å². The van der Waals surface area contributed by atoms with Gasteiger partial charge in [-0.15, -0.1) is 11.8 Å². The first-order valence-corrected chi connectivity index (χ1v) is 20.1. The number of benzene rings is 2. The molecule has 2 aromatic carbocycles. The van der Waals surface area contributed by atoms with E-state index >= 15 is 0 Å². The van der Waals surface area contributed by atoms with Gasteiger partial charge in [0.1, 0.15) is 24.1 Å². The van der Waals surface area contributed by atoms with Gasteiger partial charge in [0.05, 0.1) is 24.9 Å². The third-order valence-electron chi connectivity index (χ3n) is 10.2. The van der Waals surface area contributed by atoms with Crippen LogP contribution in [0.2, 0.25) is 5.02 Å². The molecule has 292 valence electrons. The lowest BCUT2D eigenvalue weighted by atomic mass is 9.96. The van der Waals surface area contributed by atoms with Crippen LogP contribution in [0.1, 0.15) is 62.5 Å². The fourth-order valence-corrected chi connectivity index (χ4v) is 7.82. The summed E-state index contributed by atoms with van der Waals surface area (Å²) in [6.45, 7) is 1.05. The van der Waals surface area contributed by atoms with Gasteiger partial charge in [-0.25, -0.2) is 0 Å². The molecule has 12 nitrogen and oxygen atoms in total. The van der Waals surface area contributed by atoms with E-state index in [9.17, 15) is 30.0 Å². The van der Waals surface area contributed by atoms with E-state index in [0.717, 1.165) is 65.0 Å². The maximum Gasteiger partial charge on any atom is 0.254 e. The Labute approximate surface area is 325 Å². The summed E-state index contributed by atoms with van der Waals surface area (Å²) in [7, 11) is 0. The van der Waals surface area contributed by atoms with Crippen molar-refractivity contribution in [3.8, 4) is 16.9 Å². The zero-order valence-corrected chi connectivity index (χ0v) is 31.8. The zero-order valence-electron chi connectivity index (χ0n) is 30.3. The lowest BCUT2D eigenvalue weighted by Gasteiger charge is -2.30. The molecule has 3 fully saturated rings. The summed E-state index contributed by atoms with van der Waals surface area (Å²) in [5.41, 5.74) is 3.47. The smallest absolute Gasteiger partial charge is 0.254 e. The van der Waals surface area contributed by atoms with Crippen LogP contribution in [0.25, 0.3) is 11.1 Å². The molecule has 2 saturated carbocycles. The number of rotatable bonds is 21. The Hall–Kier alpha value is -3.27. The van der Waals surface area contributed by atoms with Crippen LogP contribution in [-0.4, -0.2) is 121 Å². The van der Waals surface area contributed by atoms with Gasteiger partial charge in [0, 0.05) is 66.0 Å². The van der Waals surface area contributed by atoms with Crippen LogP contribution >= 0.6 is 23.4 Å². The average Bonchev–Trinajstić information content (AvgIpc) is 4.13. The normalized spacial score (nSPS) is 18.6. The van der Waals surface area contributed by atoms with Crippen molar-refractivity contribution in [2.75, 3.05) is 38.5 Å². The average molecular weight is 784 g/mol. The highest BCUT2D eigenvalue weighted by Gasteiger charge is 2.48. The molecule has 3 aromatic rings. The van der Waals surface area contributed by atoms with E-state index in [1.165, 1.54) is 4.90 Å². The first-order chi connectivity index (χ1) is 26.1. The van der Waals surface area contributed by atoms with E-state index in [2.05, 4.69) is 11.1 Å². The van der Waals surface area contributed by atoms with Crippen LogP contribution in [-0.2, 0) is 26.5 Å². The predicted molar refractivity (Wildman–Crippen MR) is 204 cm³/mol. The molecule has 1 aromatic heterocycles. The second-order valence-electron chi connectivity index (χ2n) is 14.3.